The van der Waals surface area contributed by atoms with E-state index in [1.54, 1.807) is 0 Å². The van der Waals surface area contributed by atoms with Crippen LogP contribution in [0.5, 0.6) is 0 Å². The number of hydrogen-bond acceptors (Lipinski definition) is 3. The number of rotatable bonds is 3. The quantitative estimate of drug-likeness (QED) is 0.909. The van der Waals surface area contributed by atoms with E-state index in [9.17, 15) is 0 Å². The summed E-state index contributed by atoms with van der Waals surface area (Å²) in [4.78, 5) is 0. The molecule has 2 N–H and O–H groups in total. The first-order valence-corrected chi connectivity index (χ1v) is 5.95. The lowest BCUT2D eigenvalue weighted by atomic mass is 10.2. The average Bonchev–Trinajstić information content (AvgIpc) is 2.75. The first kappa shape index (κ1) is 12.1. The first-order valence-electron chi connectivity index (χ1n) is 5.58. The number of nitrogens with two attached hydrogens (primary N) is 1. The summed E-state index contributed by atoms with van der Waals surface area (Å²) in [6.45, 7) is 4.44. The molecule has 0 atom stereocenters. The van der Waals surface area contributed by atoms with Crippen molar-refractivity contribution < 1.29 is 0 Å². The summed E-state index contributed by atoms with van der Waals surface area (Å²) in [6, 6.07) is 5.76. The van der Waals surface area contributed by atoms with E-state index in [4.69, 9.17) is 17.3 Å². The van der Waals surface area contributed by atoms with E-state index in [1.807, 2.05) is 29.8 Å². The van der Waals surface area contributed by atoms with Crippen molar-refractivity contribution >= 4 is 11.6 Å². The molecule has 1 heterocycles. The molecule has 4 nitrogen and oxygen atoms in total. The molecule has 0 aliphatic heterocycles. The van der Waals surface area contributed by atoms with Crippen molar-refractivity contribution in [1.82, 2.24) is 15.0 Å². The monoisotopic (exact) mass is 250 g/mol. The van der Waals surface area contributed by atoms with Crippen LogP contribution in [0.1, 0.15) is 23.9 Å². The zero-order valence-corrected chi connectivity index (χ0v) is 10.7. The van der Waals surface area contributed by atoms with Gasteiger partial charge in [0, 0.05) is 11.6 Å². The minimum absolute atomic E-state index is 0.406. The predicted molar refractivity (Wildman–Crippen MR) is 68.4 cm³/mol. The topological polar surface area (TPSA) is 56.7 Å². The van der Waals surface area contributed by atoms with Crippen LogP contribution in [0.2, 0.25) is 5.02 Å². The standard InChI is InChI=1S/C12H15ClN4/c1-3-11-10(7-14)15-16-17(11)12-6-4-5-9(13)8(12)2/h4-6H,3,7,14H2,1-2H3. The molecule has 0 bridgehead atoms. The molecule has 90 valence electrons. The smallest absolute Gasteiger partial charge is 0.0999 e. The van der Waals surface area contributed by atoms with Crippen molar-refractivity contribution in [2.24, 2.45) is 5.73 Å². The molecule has 17 heavy (non-hydrogen) atoms. The maximum Gasteiger partial charge on any atom is 0.0999 e. The maximum absolute atomic E-state index is 6.11. The Morgan fingerprint density at radius 2 is 2.18 bits per heavy atom. The summed E-state index contributed by atoms with van der Waals surface area (Å²) in [6.07, 6.45) is 0.839. The fraction of sp³-hybridized carbons (Fsp3) is 0.333. The molecule has 0 unspecified atom stereocenters. The second-order valence-corrected chi connectivity index (χ2v) is 4.24. The Morgan fingerprint density at radius 1 is 1.41 bits per heavy atom. The van der Waals surface area contributed by atoms with Gasteiger partial charge in [0.15, 0.2) is 0 Å². The molecule has 2 aromatic rings. The van der Waals surface area contributed by atoms with Crippen LogP contribution in [-0.2, 0) is 13.0 Å². The summed E-state index contributed by atoms with van der Waals surface area (Å²) in [5.74, 6) is 0. The number of nitrogens with zero attached hydrogens (tertiary/aromatic N) is 3. The molecule has 1 aromatic heterocycles. The van der Waals surface area contributed by atoms with Crippen LogP contribution in [0.15, 0.2) is 18.2 Å². The molecule has 0 aliphatic carbocycles. The molecule has 0 aliphatic rings. The molecule has 0 spiro atoms. The lowest BCUT2D eigenvalue weighted by Gasteiger charge is -2.09. The van der Waals surface area contributed by atoms with Gasteiger partial charge in [0.05, 0.1) is 17.1 Å². The van der Waals surface area contributed by atoms with E-state index in [2.05, 4.69) is 17.2 Å². The van der Waals surface area contributed by atoms with Gasteiger partial charge in [-0.2, -0.15) is 0 Å². The van der Waals surface area contributed by atoms with Crippen molar-refractivity contribution in [3.63, 3.8) is 0 Å². The average molecular weight is 251 g/mol. The number of benzene rings is 1. The molecule has 2 rings (SSSR count). The van der Waals surface area contributed by atoms with Crippen molar-refractivity contribution in [2.45, 2.75) is 26.8 Å². The Hall–Kier alpha value is -1.39. The van der Waals surface area contributed by atoms with E-state index in [0.717, 1.165) is 34.1 Å². The summed E-state index contributed by atoms with van der Waals surface area (Å²) < 4.78 is 1.82. The fourth-order valence-corrected chi connectivity index (χ4v) is 2.03. The minimum atomic E-state index is 0.406. The van der Waals surface area contributed by atoms with Gasteiger partial charge in [0.2, 0.25) is 0 Å². The number of hydrogen-bond donors (Lipinski definition) is 1. The normalized spacial score (nSPS) is 10.8. The predicted octanol–water partition coefficient (Wildman–Crippen LogP) is 2.25. The molecular formula is C12H15ClN4. The van der Waals surface area contributed by atoms with Gasteiger partial charge >= 0.3 is 0 Å². The van der Waals surface area contributed by atoms with Crippen molar-refractivity contribution in [2.75, 3.05) is 0 Å². The first-order chi connectivity index (χ1) is 8.19. The Labute approximate surface area is 105 Å². The zero-order valence-electron chi connectivity index (χ0n) is 9.94. The minimum Gasteiger partial charge on any atom is -0.325 e. The highest BCUT2D eigenvalue weighted by Gasteiger charge is 2.13. The molecular weight excluding hydrogens is 236 g/mol. The SMILES string of the molecule is CCc1c(CN)nnn1-c1cccc(Cl)c1C. The molecule has 0 radical (unpaired) electrons. The third-order valence-corrected chi connectivity index (χ3v) is 3.25. The van der Waals surface area contributed by atoms with Crippen LogP contribution < -0.4 is 5.73 Å². The van der Waals surface area contributed by atoms with Gasteiger partial charge in [0.1, 0.15) is 0 Å². The Balaban J connectivity index is 2.60. The van der Waals surface area contributed by atoms with Crippen LogP contribution in [0.3, 0.4) is 0 Å². The molecule has 0 saturated heterocycles. The highest BCUT2D eigenvalue weighted by atomic mass is 35.5. The molecule has 0 saturated carbocycles. The van der Waals surface area contributed by atoms with Crippen LogP contribution in [0.4, 0.5) is 0 Å². The van der Waals surface area contributed by atoms with E-state index in [0.29, 0.717) is 6.54 Å². The summed E-state index contributed by atoms with van der Waals surface area (Å²) in [7, 11) is 0. The van der Waals surface area contributed by atoms with Gasteiger partial charge in [-0.1, -0.05) is 29.8 Å². The zero-order chi connectivity index (χ0) is 12.4. The van der Waals surface area contributed by atoms with Gasteiger partial charge in [-0.25, -0.2) is 4.68 Å². The van der Waals surface area contributed by atoms with Crippen molar-refractivity contribution in [3.8, 4) is 5.69 Å². The fourth-order valence-electron chi connectivity index (χ4n) is 1.86. The summed E-state index contributed by atoms with van der Waals surface area (Å²) in [5.41, 5.74) is 9.48. The van der Waals surface area contributed by atoms with Gasteiger partial charge in [0.25, 0.3) is 0 Å². The summed E-state index contributed by atoms with van der Waals surface area (Å²) in [5, 5.41) is 8.99. The van der Waals surface area contributed by atoms with Gasteiger partial charge in [-0.05, 0) is 31.0 Å². The molecule has 1 aromatic carbocycles. The Morgan fingerprint density at radius 3 is 2.82 bits per heavy atom. The number of aromatic nitrogens is 3. The second kappa shape index (κ2) is 4.85. The highest BCUT2D eigenvalue weighted by Crippen LogP contribution is 2.23. The molecule has 5 heteroatoms. The van der Waals surface area contributed by atoms with Gasteiger partial charge in [-0.15, -0.1) is 5.10 Å². The van der Waals surface area contributed by atoms with E-state index in [-0.39, 0.29) is 0 Å². The van der Waals surface area contributed by atoms with Crippen molar-refractivity contribution in [3.05, 3.63) is 40.2 Å². The lowest BCUT2D eigenvalue weighted by Crippen LogP contribution is -2.06. The van der Waals surface area contributed by atoms with E-state index >= 15 is 0 Å². The third-order valence-electron chi connectivity index (χ3n) is 2.84. The molecule has 0 fully saturated rings. The Bertz CT molecular complexity index is 533. The third kappa shape index (κ3) is 2.06. The van der Waals surface area contributed by atoms with Crippen molar-refractivity contribution in [1.29, 1.82) is 0 Å². The van der Waals surface area contributed by atoms with Gasteiger partial charge < -0.3 is 5.73 Å². The highest BCUT2D eigenvalue weighted by molar-refractivity contribution is 6.31. The second-order valence-electron chi connectivity index (χ2n) is 3.84. The lowest BCUT2D eigenvalue weighted by molar-refractivity contribution is 0.763. The van der Waals surface area contributed by atoms with Crippen LogP contribution in [0, 0.1) is 6.92 Å². The summed E-state index contributed by atoms with van der Waals surface area (Å²) >= 11 is 6.11. The maximum atomic E-state index is 6.11. The van der Waals surface area contributed by atoms with Crippen LogP contribution >= 0.6 is 11.6 Å². The van der Waals surface area contributed by atoms with Crippen LogP contribution in [0.25, 0.3) is 5.69 Å². The van der Waals surface area contributed by atoms with E-state index in [1.165, 1.54) is 0 Å². The van der Waals surface area contributed by atoms with E-state index < -0.39 is 0 Å². The Kier molecular flexibility index (Phi) is 3.45. The van der Waals surface area contributed by atoms with Crippen LogP contribution in [-0.4, -0.2) is 15.0 Å². The van der Waals surface area contributed by atoms with Gasteiger partial charge in [-0.3, -0.25) is 0 Å². The molecule has 0 amide bonds. The largest absolute Gasteiger partial charge is 0.325 e. The number of halogens is 1.